The van der Waals surface area contributed by atoms with Crippen LogP contribution in [-0.2, 0) is 55.9 Å². The Morgan fingerprint density at radius 1 is 1.00 bits per heavy atom. The van der Waals surface area contributed by atoms with E-state index in [2.05, 4.69) is 0 Å². The Bertz CT molecular complexity index is 1100. The Kier molecular flexibility index (Phi) is 11.1. The van der Waals surface area contributed by atoms with Crippen LogP contribution in [0.15, 0.2) is 11.6 Å². The van der Waals surface area contributed by atoms with E-state index in [0.29, 0.717) is 28.9 Å². The van der Waals surface area contributed by atoms with Gasteiger partial charge in [-0.05, 0) is 32.3 Å². The molecule has 12 nitrogen and oxygen atoms in total. The van der Waals surface area contributed by atoms with Crippen LogP contribution in [0.3, 0.4) is 0 Å². The first-order valence-electron chi connectivity index (χ1n) is 11.8. The minimum atomic E-state index is -1.04. The lowest BCUT2D eigenvalue weighted by Gasteiger charge is -2.17. The second-order valence-corrected chi connectivity index (χ2v) is 8.55. The standard InChI is InChI=1S/C26H32O12/c1-14(6-8-19-24(31)23-20(12-37-26(23)32)15(2)25(19)33-5)7-9-21(29)36-13-22(30)38-18(10-34-16(3)27)11-35-17(4)28/h6,18,31H,7-13H2,1-5H3/b14-6+. The molecule has 1 aliphatic heterocycles. The number of ether oxygens (including phenoxy) is 6. The van der Waals surface area contributed by atoms with Crippen LogP contribution in [0, 0.1) is 6.92 Å². The number of aromatic hydroxyl groups is 1. The van der Waals surface area contributed by atoms with Gasteiger partial charge in [0, 0.05) is 31.4 Å². The topological polar surface area (TPSA) is 161 Å². The second-order valence-electron chi connectivity index (χ2n) is 8.55. The molecule has 1 aromatic rings. The molecule has 0 saturated carbocycles. The monoisotopic (exact) mass is 536 g/mol. The molecule has 0 aliphatic carbocycles. The predicted molar refractivity (Wildman–Crippen MR) is 129 cm³/mol. The first-order chi connectivity index (χ1) is 17.9. The smallest absolute Gasteiger partial charge is 0.344 e. The summed E-state index contributed by atoms with van der Waals surface area (Å²) in [5.41, 5.74) is 2.69. The molecule has 0 unspecified atom stereocenters. The molecule has 0 atom stereocenters. The molecule has 2 rings (SSSR count). The van der Waals surface area contributed by atoms with E-state index in [1.165, 1.54) is 21.0 Å². The zero-order valence-electron chi connectivity index (χ0n) is 22.0. The van der Waals surface area contributed by atoms with Crippen molar-refractivity contribution in [1.29, 1.82) is 0 Å². The number of carbonyl (C=O) groups excluding carboxylic acids is 5. The number of carbonyl (C=O) groups is 5. The molecule has 1 N–H and O–H groups in total. The van der Waals surface area contributed by atoms with Gasteiger partial charge < -0.3 is 33.5 Å². The van der Waals surface area contributed by atoms with Gasteiger partial charge in [0.1, 0.15) is 36.9 Å². The fourth-order valence-corrected chi connectivity index (χ4v) is 3.67. The molecule has 208 valence electrons. The molecular weight excluding hydrogens is 504 g/mol. The molecule has 0 saturated heterocycles. The third-order valence-electron chi connectivity index (χ3n) is 5.62. The molecule has 0 radical (unpaired) electrons. The first kappa shape index (κ1) is 30.1. The number of cyclic esters (lactones) is 1. The zero-order chi connectivity index (χ0) is 28.4. The van der Waals surface area contributed by atoms with Crippen molar-refractivity contribution >= 4 is 29.8 Å². The summed E-state index contributed by atoms with van der Waals surface area (Å²) in [4.78, 5) is 58.1. The maximum atomic E-state index is 12.1. The highest BCUT2D eigenvalue weighted by molar-refractivity contribution is 5.98. The van der Waals surface area contributed by atoms with Crippen molar-refractivity contribution in [2.75, 3.05) is 26.9 Å². The summed E-state index contributed by atoms with van der Waals surface area (Å²) in [6.07, 6.45) is 1.27. The van der Waals surface area contributed by atoms with Crippen LogP contribution in [0.4, 0.5) is 0 Å². The number of phenolic OH excluding ortho intramolecular Hbond substituents is 1. The van der Waals surface area contributed by atoms with E-state index < -0.39 is 42.6 Å². The van der Waals surface area contributed by atoms with E-state index in [4.69, 9.17) is 28.4 Å². The summed E-state index contributed by atoms with van der Waals surface area (Å²) in [6, 6.07) is 0. The lowest BCUT2D eigenvalue weighted by atomic mass is 9.94. The molecule has 0 spiro atoms. The van der Waals surface area contributed by atoms with Gasteiger partial charge in [-0.2, -0.15) is 0 Å². The van der Waals surface area contributed by atoms with Gasteiger partial charge in [-0.25, -0.2) is 9.59 Å². The highest BCUT2D eigenvalue weighted by Gasteiger charge is 2.31. The van der Waals surface area contributed by atoms with Gasteiger partial charge in [-0.3, -0.25) is 14.4 Å². The molecule has 0 amide bonds. The number of benzene rings is 1. The predicted octanol–water partition coefficient (Wildman–Crippen LogP) is 2.23. The third kappa shape index (κ3) is 8.49. The van der Waals surface area contributed by atoms with Crippen molar-refractivity contribution in [3.8, 4) is 11.5 Å². The minimum absolute atomic E-state index is 0.0292. The molecule has 0 fully saturated rings. The number of hydrogen-bond acceptors (Lipinski definition) is 12. The molecule has 1 aromatic carbocycles. The highest BCUT2D eigenvalue weighted by Crippen LogP contribution is 2.42. The lowest BCUT2D eigenvalue weighted by molar-refractivity contribution is -0.171. The average molecular weight is 537 g/mol. The molecule has 1 heterocycles. The quantitative estimate of drug-likeness (QED) is 0.223. The minimum Gasteiger partial charge on any atom is -0.507 e. The van der Waals surface area contributed by atoms with E-state index >= 15 is 0 Å². The van der Waals surface area contributed by atoms with Gasteiger partial charge >= 0.3 is 29.8 Å². The van der Waals surface area contributed by atoms with Gasteiger partial charge in [0.15, 0.2) is 12.7 Å². The summed E-state index contributed by atoms with van der Waals surface area (Å²) in [7, 11) is 1.47. The molecule has 12 heteroatoms. The fourth-order valence-electron chi connectivity index (χ4n) is 3.67. The van der Waals surface area contributed by atoms with Crippen molar-refractivity contribution < 1.29 is 57.5 Å². The third-order valence-corrected chi connectivity index (χ3v) is 5.62. The van der Waals surface area contributed by atoms with Crippen LogP contribution in [0.2, 0.25) is 0 Å². The van der Waals surface area contributed by atoms with Crippen LogP contribution in [0.25, 0.3) is 0 Å². The van der Waals surface area contributed by atoms with E-state index in [9.17, 15) is 29.1 Å². The van der Waals surface area contributed by atoms with Gasteiger partial charge in [0.2, 0.25) is 0 Å². The number of fused-ring (bicyclic) bond motifs is 1. The molecule has 38 heavy (non-hydrogen) atoms. The maximum absolute atomic E-state index is 12.1. The lowest BCUT2D eigenvalue weighted by Crippen LogP contribution is -2.32. The van der Waals surface area contributed by atoms with Crippen LogP contribution in [0.1, 0.15) is 60.7 Å². The number of methoxy groups -OCH3 is 1. The van der Waals surface area contributed by atoms with Crippen molar-refractivity contribution in [3.05, 3.63) is 33.9 Å². The van der Waals surface area contributed by atoms with Gasteiger partial charge in [-0.1, -0.05) is 11.6 Å². The van der Waals surface area contributed by atoms with Crippen LogP contribution < -0.4 is 4.74 Å². The Morgan fingerprint density at radius 2 is 1.63 bits per heavy atom. The van der Waals surface area contributed by atoms with Gasteiger partial charge in [0.05, 0.1) is 7.11 Å². The number of allylic oxidation sites excluding steroid dienone is 2. The maximum Gasteiger partial charge on any atom is 0.344 e. The molecule has 0 bridgehead atoms. The van der Waals surface area contributed by atoms with Crippen LogP contribution in [0.5, 0.6) is 11.5 Å². The van der Waals surface area contributed by atoms with Gasteiger partial charge in [0.25, 0.3) is 0 Å². The van der Waals surface area contributed by atoms with Gasteiger partial charge in [-0.15, -0.1) is 0 Å². The Balaban J connectivity index is 1.88. The van der Waals surface area contributed by atoms with E-state index in [1.54, 1.807) is 19.9 Å². The van der Waals surface area contributed by atoms with Crippen molar-refractivity contribution in [3.63, 3.8) is 0 Å². The summed E-state index contributed by atoms with van der Waals surface area (Å²) in [5.74, 6) is -3.08. The van der Waals surface area contributed by atoms with Crippen molar-refractivity contribution in [2.24, 2.45) is 0 Å². The molecular formula is C26H32O12. The largest absolute Gasteiger partial charge is 0.507 e. The number of hydrogen-bond donors (Lipinski definition) is 1. The first-order valence-corrected chi connectivity index (χ1v) is 11.8. The summed E-state index contributed by atoms with van der Waals surface area (Å²) in [5, 5.41) is 10.7. The Hall–Kier alpha value is -4.09. The molecule has 1 aliphatic rings. The SMILES string of the molecule is COc1c(C)c2c(c(O)c1C/C=C(\C)CCC(=O)OCC(=O)OC(COC(C)=O)COC(C)=O)C(=O)OC2. The number of phenols is 1. The van der Waals surface area contributed by atoms with Crippen molar-refractivity contribution in [1.82, 2.24) is 0 Å². The van der Waals surface area contributed by atoms with E-state index in [0.717, 1.165) is 5.57 Å². The van der Waals surface area contributed by atoms with E-state index in [1.807, 2.05) is 0 Å². The highest BCUT2D eigenvalue weighted by atomic mass is 16.6. The summed E-state index contributed by atoms with van der Waals surface area (Å²) < 4.78 is 30.0. The summed E-state index contributed by atoms with van der Waals surface area (Å²) >= 11 is 0. The fraction of sp³-hybridized carbons (Fsp3) is 0.500. The van der Waals surface area contributed by atoms with Crippen molar-refractivity contribution in [2.45, 2.75) is 59.7 Å². The average Bonchev–Trinajstić information content (AvgIpc) is 3.26. The normalized spacial score (nSPS) is 12.5. The van der Waals surface area contributed by atoms with Crippen LogP contribution in [-0.4, -0.2) is 68.0 Å². The molecule has 0 aromatic heterocycles. The zero-order valence-corrected chi connectivity index (χ0v) is 22.0. The second kappa shape index (κ2) is 14.0. The Labute approximate surface area is 219 Å². The summed E-state index contributed by atoms with van der Waals surface area (Å²) in [6.45, 7) is 4.68. The number of esters is 5. The number of rotatable bonds is 13. The van der Waals surface area contributed by atoms with Crippen LogP contribution >= 0.6 is 0 Å². The van der Waals surface area contributed by atoms with E-state index in [-0.39, 0.29) is 44.0 Å². The Morgan fingerprint density at radius 3 is 2.21 bits per heavy atom.